The number of hydrogen-bond acceptors (Lipinski definition) is 2. The van der Waals surface area contributed by atoms with Crippen molar-refractivity contribution in [3.05, 3.63) is 10.4 Å². The fourth-order valence-corrected chi connectivity index (χ4v) is 1.01. The maximum Gasteiger partial charge on any atom is 0.0627 e. The molecule has 4 nitrogen and oxygen atoms in total. The Bertz CT molecular complexity index is 196. The normalized spacial score (nSPS) is 11.5. The van der Waals surface area contributed by atoms with Crippen LogP contribution in [0.5, 0.6) is 0 Å². The van der Waals surface area contributed by atoms with Crippen LogP contribution < -0.4 is 0 Å². The van der Waals surface area contributed by atoms with Crippen molar-refractivity contribution >= 4 is 0 Å². The molecule has 0 saturated carbocycles. The Balaban J connectivity index is 3.65. The molecule has 0 atom stereocenters. The molecule has 0 spiro atoms. The van der Waals surface area contributed by atoms with Gasteiger partial charge in [0.2, 0.25) is 0 Å². The Labute approximate surface area is 86.3 Å². The van der Waals surface area contributed by atoms with Gasteiger partial charge in [-0.3, -0.25) is 0 Å². The Hall–Kier alpha value is -0.730. The van der Waals surface area contributed by atoms with Crippen LogP contribution in [0.2, 0.25) is 0 Å². The molecule has 0 aliphatic heterocycles. The molecule has 0 aliphatic carbocycles. The van der Waals surface area contributed by atoms with Crippen LogP contribution in [0.15, 0.2) is 5.11 Å². The van der Waals surface area contributed by atoms with Crippen molar-refractivity contribution < 1.29 is 4.74 Å². The first-order valence-corrected chi connectivity index (χ1v) is 5.13. The highest BCUT2D eigenvalue weighted by molar-refractivity contribution is 4.70. The van der Waals surface area contributed by atoms with E-state index in [2.05, 4.69) is 23.9 Å². The van der Waals surface area contributed by atoms with E-state index in [9.17, 15) is 0 Å². The minimum atomic E-state index is -0.178. The third-order valence-electron chi connectivity index (χ3n) is 2.07. The standard InChI is InChI=1S/C10H21N3O/c1-9(2)5-8-14-10(3,4)6-7-12-13-11/h9H,5-8H2,1-4H3. The molecule has 0 amide bonds. The SMILES string of the molecule is CC(C)CCOC(C)(C)CCN=[N+]=[N-]. The van der Waals surface area contributed by atoms with E-state index in [1.807, 2.05) is 13.8 Å². The smallest absolute Gasteiger partial charge is 0.0627 e. The van der Waals surface area contributed by atoms with Gasteiger partial charge in [0.05, 0.1) is 5.60 Å². The fourth-order valence-electron chi connectivity index (χ4n) is 1.01. The number of ether oxygens (including phenoxy) is 1. The van der Waals surface area contributed by atoms with Crippen molar-refractivity contribution in [3.63, 3.8) is 0 Å². The lowest BCUT2D eigenvalue weighted by molar-refractivity contribution is -0.0259. The van der Waals surface area contributed by atoms with Crippen molar-refractivity contribution in [2.75, 3.05) is 13.2 Å². The fraction of sp³-hybridized carbons (Fsp3) is 1.00. The van der Waals surface area contributed by atoms with Gasteiger partial charge in [0.25, 0.3) is 0 Å². The molecule has 14 heavy (non-hydrogen) atoms. The molecule has 0 unspecified atom stereocenters. The zero-order valence-electron chi connectivity index (χ0n) is 9.66. The van der Waals surface area contributed by atoms with Crippen LogP contribution in [0.25, 0.3) is 10.4 Å². The van der Waals surface area contributed by atoms with E-state index in [1.165, 1.54) is 0 Å². The first-order chi connectivity index (χ1) is 6.48. The van der Waals surface area contributed by atoms with Gasteiger partial charge >= 0.3 is 0 Å². The van der Waals surface area contributed by atoms with Gasteiger partial charge in [0.15, 0.2) is 0 Å². The highest BCUT2D eigenvalue weighted by atomic mass is 16.5. The predicted molar refractivity (Wildman–Crippen MR) is 58.1 cm³/mol. The van der Waals surface area contributed by atoms with Crippen molar-refractivity contribution in [1.29, 1.82) is 0 Å². The lowest BCUT2D eigenvalue weighted by Crippen LogP contribution is -2.26. The van der Waals surface area contributed by atoms with Gasteiger partial charge in [-0.15, -0.1) is 0 Å². The molecule has 0 bridgehead atoms. The largest absolute Gasteiger partial charge is 0.376 e. The van der Waals surface area contributed by atoms with Crippen LogP contribution in [-0.4, -0.2) is 18.8 Å². The predicted octanol–water partition coefficient (Wildman–Crippen LogP) is 3.53. The average molecular weight is 199 g/mol. The van der Waals surface area contributed by atoms with Crippen molar-refractivity contribution in [3.8, 4) is 0 Å². The van der Waals surface area contributed by atoms with Crippen molar-refractivity contribution in [2.24, 2.45) is 11.0 Å². The summed E-state index contributed by atoms with van der Waals surface area (Å²) in [4.78, 5) is 2.72. The van der Waals surface area contributed by atoms with E-state index in [0.29, 0.717) is 12.5 Å². The first kappa shape index (κ1) is 13.3. The lowest BCUT2D eigenvalue weighted by atomic mass is 10.1. The van der Waals surface area contributed by atoms with Gasteiger partial charge in [-0.25, -0.2) is 0 Å². The molecule has 0 aromatic carbocycles. The van der Waals surface area contributed by atoms with Crippen molar-refractivity contribution in [2.45, 2.75) is 46.1 Å². The summed E-state index contributed by atoms with van der Waals surface area (Å²) in [6.07, 6.45) is 1.85. The highest BCUT2D eigenvalue weighted by Crippen LogP contribution is 2.15. The van der Waals surface area contributed by atoms with E-state index in [1.54, 1.807) is 0 Å². The van der Waals surface area contributed by atoms with E-state index in [0.717, 1.165) is 19.4 Å². The van der Waals surface area contributed by atoms with Gasteiger partial charge in [0, 0.05) is 18.1 Å². The Kier molecular flexibility index (Phi) is 6.34. The number of nitrogens with zero attached hydrogens (tertiary/aromatic N) is 3. The molecule has 0 rings (SSSR count). The quantitative estimate of drug-likeness (QED) is 0.351. The summed E-state index contributed by atoms with van der Waals surface area (Å²) < 4.78 is 5.70. The highest BCUT2D eigenvalue weighted by Gasteiger charge is 2.17. The molecule has 0 aliphatic rings. The molecule has 0 radical (unpaired) electrons. The van der Waals surface area contributed by atoms with Crippen LogP contribution >= 0.6 is 0 Å². The Morgan fingerprint density at radius 1 is 1.43 bits per heavy atom. The summed E-state index contributed by atoms with van der Waals surface area (Å²) in [5.74, 6) is 0.669. The van der Waals surface area contributed by atoms with Gasteiger partial charge in [-0.1, -0.05) is 19.0 Å². The third-order valence-corrected chi connectivity index (χ3v) is 2.07. The maximum atomic E-state index is 8.13. The monoisotopic (exact) mass is 199 g/mol. The van der Waals surface area contributed by atoms with Gasteiger partial charge in [-0.05, 0) is 38.1 Å². The zero-order chi connectivity index (χ0) is 11.0. The number of hydrogen-bond donors (Lipinski definition) is 0. The summed E-state index contributed by atoms with van der Waals surface area (Å²) in [6.45, 7) is 9.69. The first-order valence-electron chi connectivity index (χ1n) is 5.13. The van der Waals surface area contributed by atoms with Gasteiger partial charge in [-0.2, -0.15) is 0 Å². The summed E-state index contributed by atoms with van der Waals surface area (Å²) >= 11 is 0. The van der Waals surface area contributed by atoms with E-state index in [-0.39, 0.29) is 5.60 Å². The van der Waals surface area contributed by atoms with Crippen LogP contribution in [0.1, 0.15) is 40.5 Å². The number of azide groups is 1. The topological polar surface area (TPSA) is 58.0 Å². The summed E-state index contributed by atoms with van der Waals surface area (Å²) in [5, 5.41) is 3.50. The van der Waals surface area contributed by atoms with Crippen molar-refractivity contribution in [1.82, 2.24) is 0 Å². The maximum absolute atomic E-state index is 8.13. The van der Waals surface area contributed by atoms with Crippen LogP contribution in [0.3, 0.4) is 0 Å². The zero-order valence-corrected chi connectivity index (χ0v) is 9.66. The second-order valence-corrected chi connectivity index (χ2v) is 4.50. The number of rotatable bonds is 7. The Morgan fingerprint density at radius 2 is 2.07 bits per heavy atom. The molecule has 0 aromatic heterocycles. The summed E-state index contributed by atoms with van der Waals surface area (Å²) in [7, 11) is 0. The second-order valence-electron chi connectivity index (χ2n) is 4.50. The van der Waals surface area contributed by atoms with E-state index >= 15 is 0 Å². The second kappa shape index (κ2) is 6.68. The van der Waals surface area contributed by atoms with Gasteiger partial charge < -0.3 is 4.74 Å². The average Bonchev–Trinajstić information content (AvgIpc) is 2.03. The Morgan fingerprint density at radius 3 is 2.57 bits per heavy atom. The lowest BCUT2D eigenvalue weighted by Gasteiger charge is -2.25. The molecule has 0 saturated heterocycles. The third kappa shape index (κ3) is 7.90. The van der Waals surface area contributed by atoms with Gasteiger partial charge in [0.1, 0.15) is 0 Å². The molecular weight excluding hydrogens is 178 g/mol. The van der Waals surface area contributed by atoms with E-state index in [4.69, 9.17) is 10.3 Å². The molecule has 0 heterocycles. The molecule has 0 fully saturated rings. The molecule has 4 heteroatoms. The minimum Gasteiger partial charge on any atom is -0.376 e. The summed E-state index contributed by atoms with van der Waals surface area (Å²) in [5.41, 5.74) is 7.95. The van der Waals surface area contributed by atoms with Crippen LogP contribution in [0, 0.1) is 5.92 Å². The van der Waals surface area contributed by atoms with Crippen LogP contribution in [-0.2, 0) is 4.74 Å². The van der Waals surface area contributed by atoms with E-state index < -0.39 is 0 Å². The molecular formula is C10H21N3O. The summed E-state index contributed by atoms with van der Waals surface area (Å²) in [6, 6.07) is 0. The molecule has 0 N–H and O–H groups in total. The van der Waals surface area contributed by atoms with Crippen LogP contribution in [0.4, 0.5) is 0 Å². The minimum absolute atomic E-state index is 0.178. The molecule has 0 aromatic rings. The molecule has 82 valence electrons.